The Balaban J connectivity index is 3.21. The first-order valence-electron chi connectivity index (χ1n) is 5.08. The largest absolute Gasteiger partial charge is 0.462 e. The van der Waals surface area contributed by atoms with Gasteiger partial charge < -0.3 is 4.74 Å². The fourth-order valence-electron chi connectivity index (χ4n) is 1.36. The molecule has 0 aliphatic rings. The van der Waals surface area contributed by atoms with Crippen molar-refractivity contribution in [3.63, 3.8) is 0 Å². The van der Waals surface area contributed by atoms with Crippen LogP contribution in [0.4, 0.5) is 4.39 Å². The molecule has 17 heavy (non-hydrogen) atoms. The van der Waals surface area contributed by atoms with E-state index in [1.54, 1.807) is 6.92 Å². The summed E-state index contributed by atoms with van der Waals surface area (Å²) in [7, 11) is 0. The zero-order valence-corrected chi connectivity index (χ0v) is 10.3. The molecule has 1 aromatic rings. The highest BCUT2D eigenvalue weighted by Crippen LogP contribution is 2.26. The van der Waals surface area contributed by atoms with Gasteiger partial charge in [-0.05, 0) is 37.6 Å². The van der Waals surface area contributed by atoms with E-state index >= 15 is 0 Å². The Morgan fingerprint density at radius 2 is 2.12 bits per heavy atom. The summed E-state index contributed by atoms with van der Waals surface area (Å²) in [6, 6.07) is 3.46. The quantitative estimate of drug-likeness (QED) is 0.616. The van der Waals surface area contributed by atoms with Crippen molar-refractivity contribution in [3.05, 3.63) is 35.1 Å². The molecule has 92 valence electrons. The van der Waals surface area contributed by atoms with Crippen LogP contribution < -0.4 is 0 Å². The Hall–Kier alpha value is -1.42. The van der Waals surface area contributed by atoms with Gasteiger partial charge in [0.2, 0.25) is 0 Å². The first kappa shape index (κ1) is 13.6. The Labute approximate surface area is 104 Å². The number of hydrogen-bond acceptors (Lipinski definition) is 3. The number of ether oxygens (including phenoxy) is 1. The topological polar surface area (TPSA) is 43.4 Å². The molecule has 0 radical (unpaired) electrons. The van der Waals surface area contributed by atoms with Gasteiger partial charge in [-0.25, -0.2) is 9.18 Å². The third-order valence-electron chi connectivity index (χ3n) is 2.14. The van der Waals surface area contributed by atoms with Crippen LogP contribution in [0.5, 0.6) is 0 Å². The van der Waals surface area contributed by atoms with Gasteiger partial charge in [-0.3, -0.25) is 4.79 Å². The van der Waals surface area contributed by atoms with Gasteiger partial charge in [-0.15, -0.1) is 11.6 Å². The maximum absolute atomic E-state index is 13.1. The molecule has 1 aromatic carbocycles. The molecule has 0 aliphatic carbocycles. The van der Waals surface area contributed by atoms with E-state index in [2.05, 4.69) is 0 Å². The van der Waals surface area contributed by atoms with Crippen molar-refractivity contribution in [3.8, 4) is 0 Å². The van der Waals surface area contributed by atoms with Crippen molar-refractivity contribution >= 4 is 23.4 Å². The highest BCUT2D eigenvalue weighted by atomic mass is 35.5. The van der Waals surface area contributed by atoms with Gasteiger partial charge in [0.1, 0.15) is 11.2 Å². The number of Topliss-reactive ketones (excluding diaryl/α,β-unsaturated/α-hetero) is 1. The molecule has 1 rings (SSSR count). The lowest BCUT2D eigenvalue weighted by Gasteiger charge is -2.11. The normalized spacial score (nSPS) is 12.0. The summed E-state index contributed by atoms with van der Waals surface area (Å²) in [4.78, 5) is 22.8. The van der Waals surface area contributed by atoms with Crippen molar-refractivity contribution in [2.75, 3.05) is 6.61 Å². The lowest BCUT2D eigenvalue weighted by Crippen LogP contribution is -2.12. The van der Waals surface area contributed by atoms with Crippen molar-refractivity contribution in [2.45, 2.75) is 19.2 Å². The summed E-state index contributed by atoms with van der Waals surface area (Å²) in [5.74, 6) is -1.53. The van der Waals surface area contributed by atoms with E-state index < -0.39 is 17.2 Å². The summed E-state index contributed by atoms with van der Waals surface area (Å²) in [5, 5.41) is -1.05. The minimum Gasteiger partial charge on any atom is -0.462 e. The molecular formula is C12H12ClFO3. The van der Waals surface area contributed by atoms with Crippen LogP contribution >= 0.6 is 11.6 Å². The van der Waals surface area contributed by atoms with E-state index in [9.17, 15) is 14.0 Å². The Morgan fingerprint density at radius 1 is 1.47 bits per heavy atom. The maximum Gasteiger partial charge on any atom is 0.338 e. The zero-order valence-electron chi connectivity index (χ0n) is 9.50. The third-order valence-corrected chi connectivity index (χ3v) is 2.68. The minimum atomic E-state index is -1.05. The van der Waals surface area contributed by atoms with Crippen LogP contribution in [0.2, 0.25) is 0 Å². The van der Waals surface area contributed by atoms with Crippen molar-refractivity contribution in [2.24, 2.45) is 0 Å². The van der Waals surface area contributed by atoms with Crippen LogP contribution in [0.15, 0.2) is 18.2 Å². The number of benzene rings is 1. The molecule has 0 amide bonds. The second-order valence-corrected chi connectivity index (χ2v) is 3.86. The number of halogens is 2. The van der Waals surface area contributed by atoms with Crippen LogP contribution in [0.3, 0.4) is 0 Å². The standard InChI is InChI=1S/C12H12ClFO3/c1-3-17-12(16)9-5-4-8(14)6-10(9)11(13)7(2)15/h4-6,11H,3H2,1-2H3. The molecular weight excluding hydrogens is 247 g/mol. The van der Waals surface area contributed by atoms with Gasteiger partial charge in [0.25, 0.3) is 0 Å². The number of carbonyl (C=O) groups is 2. The Kier molecular flexibility index (Phi) is 4.63. The van der Waals surface area contributed by atoms with Gasteiger partial charge in [0.15, 0.2) is 5.78 Å². The fourth-order valence-corrected chi connectivity index (χ4v) is 1.54. The van der Waals surface area contributed by atoms with Crippen LogP contribution in [0.25, 0.3) is 0 Å². The van der Waals surface area contributed by atoms with Crippen molar-refractivity contribution in [1.82, 2.24) is 0 Å². The number of alkyl halides is 1. The summed E-state index contributed by atoms with van der Waals surface area (Å²) in [6.45, 7) is 3.13. The summed E-state index contributed by atoms with van der Waals surface area (Å²) >= 11 is 5.84. The van der Waals surface area contributed by atoms with E-state index in [4.69, 9.17) is 16.3 Å². The molecule has 0 spiro atoms. The van der Waals surface area contributed by atoms with E-state index in [0.29, 0.717) is 0 Å². The average Bonchev–Trinajstić information content (AvgIpc) is 2.28. The van der Waals surface area contributed by atoms with E-state index in [-0.39, 0.29) is 23.5 Å². The first-order valence-corrected chi connectivity index (χ1v) is 5.52. The first-order chi connectivity index (χ1) is 7.97. The maximum atomic E-state index is 13.1. The second kappa shape index (κ2) is 5.77. The highest BCUT2D eigenvalue weighted by Gasteiger charge is 2.22. The molecule has 0 saturated heterocycles. The highest BCUT2D eigenvalue weighted by molar-refractivity contribution is 6.31. The predicted octanol–water partition coefficient (Wildman–Crippen LogP) is 2.87. The van der Waals surface area contributed by atoms with Gasteiger partial charge >= 0.3 is 5.97 Å². The molecule has 0 aromatic heterocycles. The zero-order chi connectivity index (χ0) is 13.0. The SMILES string of the molecule is CCOC(=O)c1ccc(F)cc1C(Cl)C(C)=O. The summed E-state index contributed by atoms with van der Waals surface area (Å²) in [5.41, 5.74) is 0.251. The molecule has 1 atom stereocenters. The second-order valence-electron chi connectivity index (χ2n) is 3.43. The molecule has 0 fully saturated rings. The van der Waals surface area contributed by atoms with E-state index in [0.717, 1.165) is 12.1 Å². The lowest BCUT2D eigenvalue weighted by molar-refractivity contribution is -0.116. The number of ketones is 1. The van der Waals surface area contributed by atoms with Crippen LogP contribution in [0, 0.1) is 5.82 Å². The van der Waals surface area contributed by atoms with Crippen LogP contribution in [-0.4, -0.2) is 18.4 Å². The smallest absolute Gasteiger partial charge is 0.338 e. The molecule has 1 unspecified atom stereocenters. The molecule has 5 heteroatoms. The average molecular weight is 259 g/mol. The number of hydrogen-bond donors (Lipinski definition) is 0. The van der Waals surface area contributed by atoms with Gasteiger partial charge in [0.05, 0.1) is 12.2 Å². The molecule has 3 nitrogen and oxygen atoms in total. The Bertz CT molecular complexity index is 445. The molecule has 0 N–H and O–H groups in total. The van der Waals surface area contributed by atoms with Crippen molar-refractivity contribution < 1.29 is 18.7 Å². The fraction of sp³-hybridized carbons (Fsp3) is 0.333. The predicted molar refractivity (Wildman–Crippen MR) is 61.6 cm³/mol. The number of esters is 1. The van der Waals surface area contributed by atoms with Crippen LogP contribution in [0.1, 0.15) is 35.1 Å². The third kappa shape index (κ3) is 3.27. The van der Waals surface area contributed by atoms with Crippen LogP contribution in [-0.2, 0) is 9.53 Å². The summed E-state index contributed by atoms with van der Waals surface area (Å²) in [6.07, 6.45) is 0. The monoisotopic (exact) mass is 258 g/mol. The van der Waals surface area contributed by atoms with Gasteiger partial charge in [-0.2, -0.15) is 0 Å². The number of rotatable bonds is 4. The van der Waals surface area contributed by atoms with E-state index in [1.165, 1.54) is 13.0 Å². The Morgan fingerprint density at radius 3 is 2.65 bits per heavy atom. The molecule has 0 bridgehead atoms. The minimum absolute atomic E-state index is 0.114. The van der Waals surface area contributed by atoms with E-state index in [1.807, 2.05) is 0 Å². The lowest BCUT2D eigenvalue weighted by atomic mass is 10.0. The van der Waals surface area contributed by atoms with Crippen molar-refractivity contribution in [1.29, 1.82) is 0 Å². The van der Waals surface area contributed by atoms with Gasteiger partial charge in [-0.1, -0.05) is 0 Å². The summed E-state index contributed by atoms with van der Waals surface area (Å²) < 4.78 is 17.9. The number of carbonyl (C=O) groups excluding carboxylic acids is 2. The van der Waals surface area contributed by atoms with Gasteiger partial charge in [0, 0.05) is 0 Å². The molecule has 0 saturated carbocycles. The molecule has 0 heterocycles. The molecule has 0 aliphatic heterocycles.